The lowest BCUT2D eigenvalue weighted by molar-refractivity contribution is -0.274. The molecule has 1 aliphatic carbocycles. The van der Waals surface area contributed by atoms with E-state index in [1.165, 1.54) is 35.7 Å². The Labute approximate surface area is 169 Å². The molecule has 30 heavy (non-hydrogen) atoms. The number of alkyl halides is 3. The molecule has 1 aliphatic rings. The third-order valence-corrected chi connectivity index (χ3v) is 4.55. The Morgan fingerprint density at radius 3 is 2.70 bits per heavy atom. The van der Waals surface area contributed by atoms with Crippen LogP contribution < -0.4 is 10.1 Å². The number of halogens is 3. The normalized spacial score (nSPS) is 14.9. The first-order valence-corrected chi connectivity index (χ1v) is 9.18. The Bertz CT molecular complexity index is 1050. The predicted molar refractivity (Wildman–Crippen MR) is 97.9 cm³/mol. The summed E-state index contributed by atoms with van der Waals surface area (Å²) >= 11 is 0. The van der Waals surface area contributed by atoms with E-state index >= 15 is 0 Å². The molecule has 11 heteroatoms. The maximum Gasteiger partial charge on any atom is 0.573 e. The average Bonchev–Trinajstić information content (AvgIpc) is 3.43. The minimum atomic E-state index is -4.84. The molecule has 4 rings (SSSR count). The van der Waals surface area contributed by atoms with Gasteiger partial charge in [-0.3, -0.25) is 9.78 Å². The average molecular weight is 418 g/mol. The highest BCUT2D eigenvalue weighted by Gasteiger charge is 2.33. The molecule has 1 saturated carbocycles. The quantitative estimate of drug-likeness (QED) is 0.660. The van der Waals surface area contributed by atoms with Crippen molar-refractivity contribution < 1.29 is 22.7 Å². The third kappa shape index (κ3) is 4.56. The summed E-state index contributed by atoms with van der Waals surface area (Å²) in [5, 5.41) is 6.83. The highest BCUT2D eigenvalue weighted by molar-refractivity contribution is 5.95. The zero-order valence-electron chi connectivity index (χ0n) is 15.8. The number of hydrogen-bond acceptors (Lipinski definition) is 6. The monoisotopic (exact) mass is 418 g/mol. The maximum absolute atomic E-state index is 12.8. The van der Waals surface area contributed by atoms with Crippen LogP contribution in [0.2, 0.25) is 0 Å². The Morgan fingerprint density at radius 2 is 2.03 bits per heavy atom. The number of carbonyl (C=O) groups excluding carboxylic acids is 1. The topological polar surface area (TPSA) is 94.8 Å². The predicted octanol–water partition coefficient (Wildman–Crippen LogP) is 3.32. The van der Waals surface area contributed by atoms with Gasteiger partial charge in [0, 0.05) is 18.0 Å². The van der Waals surface area contributed by atoms with E-state index in [2.05, 4.69) is 30.1 Å². The van der Waals surface area contributed by atoms with Gasteiger partial charge in [0.1, 0.15) is 12.1 Å². The third-order valence-electron chi connectivity index (χ3n) is 4.55. The molecule has 0 saturated heterocycles. The molecule has 0 aliphatic heterocycles. The van der Waals surface area contributed by atoms with Gasteiger partial charge in [0.05, 0.1) is 12.2 Å². The van der Waals surface area contributed by atoms with Gasteiger partial charge in [0.15, 0.2) is 11.6 Å². The molecule has 2 heterocycles. The van der Waals surface area contributed by atoms with E-state index in [9.17, 15) is 18.0 Å². The lowest BCUT2D eigenvalue weighted by Gasteiger charge is -2.16. The van der Waals surface area contributed by atoms with E-state index in [0.717, 1.165) is 18.9 Å². The summed E-state index contributed by atoms with van der Waals surface area (Å²) in [5.74, 6) is 0.000293. The molecular formula is C19H17F3N6O2. The van der Waals surface area contributed by atoms with Crippen LogP contribution in [0.15, 0.2) is 43.1 Å². The van der Waals surface area contributed by atoms with Crippen LogP contribution in [0, 0.1) is 0 Å². The Balaban J connectivity index is 1.56. The lowest BCUT2D eigenvalue weighted by atomic mass is 10.1. The summed E-state index contributed by atoms with van der Waals surface area (Å²) in [5.41, 5.74) is 0.730. The van der Waals surface area contributed by atoms with Gasteiger partial charge in [0.25, 0.3) is 5.91 Å². The summed E-state index contributed by atoms with van der Waals surface area (Å²) in [6.07, 6.45) is 2.72. The van der Waals surface area contributed by atoms with E-state index in [4.69, 9.17) is 0 Å². The number of aromatic nitrogens is 5. The highest BCUT2D eigenvalue weighted by Crippen LogP contribution is 2.42. The number of benzene rings is 1. The first-order valence-electron chi connectivity index (χ1n) is 9.18. The van der Waals surface area contributed by atoms with Gasteiger partial charge in [0.2, 0.25) is 0 Å². The lowest BCUT2D eigenvalue weighted by Crippen LogP contribution is -2.29. The van der Waals surface area contributed by atoms with Gasteiger partial charge < -0.3 is 10.1 Å². The summed E-state index contributed by atoms with van der Waals surface area (Å²) in [4.78, 5) is 25.1. The van der Waals surface area contributed by atoms with Crippen LogP contribution in [0.1, 0.15) is 53.5 Å². The van der Waals surface area contributed by atoms with Gasteiger partial charge >= 0.3 is 6.36 Å². The van der Waals surface area contributed by atoms with Crippen molar-refractivity contribution in [1.82, 2.24) is 30.0 Å². The van der Waals surface area contributed by atoms with Crippen molar-refractivity contribution in [1.29, 1.82) is 0 Å². The molecule has 8 nitrogen and oxygen atoms in total. The molecule has 1 atom stereocenters. The van der Waals surface area contributed by atoms with Crippen LogP contribution in [0.4, 0.5) is 13.2 Å². The highest BCUT2D eigenvalue weighted by atomic mass is 19.4. The van der Waals surface area contributed by atoms with Gasteiger partial charge in [-0.15, -0.1) is 13.2 Å². The van der Waals surface area contributed by atoms with Crippen molar-refractivity contribution in [2.45, 2.75) is 38.1 Å². The summed E-state index contributed by atoms with van der Waals surface area (Å²) in [7, 11) is 0. The molecule has 0 bridgehead atoms. The van der Waals surface area contributed by atoms with E-state index in [-0.39, 0.29) is 11.5 Å². The molecule has 0 spiro atoms. The minimum absolute atomic E-state index is 0.0797. The second-order valence-corrected chi connectivity index (χ2v) is 6.90. The zero-order chi connectivity index (χ0) is 21.3. The van der Waals surface area contributed by atoms with Crippen molar-refractivity contribution in [3.8, 4) is 11.6 Å². The van der Waals surface area contributed by atoms with Crippen molar-refractivity contribution in [2.24, 2.45) is 0 Å². The fourth-order valence-corrected chi connectivity index (χ4v) is 3.07. The van der Waals surface area contributed by atoms with Crippen LogP contribution in [-0.2, 0) is 0 Å². The SMILES string of the molecule is C[C@H](NC(=O)c1cc(OC(F)(F)F)cc(C2CC2)c1)c1ncnn1-c1cnccn1. The number of rotatable bonds is 6. The summed E-state index contributed by atoms with van der Waals surface area (Å²) < 4.78 is 43.5. The Hall–Kier alpha value is -3.50. The van der Waals surface area contributed by atoms with Crippen molar-refractivity contribution in [3.05, 3.63) is 60.1 Å². The number of nitrogens with zero attached hydrogens (tertiary/aromatic N) is 5. The smallest absolute Gasteiger partial charge is 0.406 e. The summed E-state index contributed by atoms with van der Waals surface area (Å²) in [6, 6.07) is 3.40. The van der Waals surface area contributed by atoms with Crippen LogP contribution in [-0.4, -0.2) is 37.0 Å². The maximum atomic E-state index is 12.8. The van der Waals surface area contributed by atoms with E-state index in [1.54, 1.807) is 13.0 Å². The van der Waals surface area contributed by atoms with Crippen molar-refractivity contribution in [3.63, 3.8) is 0 Å². The fraction of sp³-hybridized carbons (Fsp3) is 0.316. The van der Waals surface area contributed by atoms with E-state index in [0.29, 0.717) is 17.2 Å². The summed E-state index contributed by atoms with van der Waals surface area (Å²) in [6.45, 7) is 1.69. The molecule has 0 radical (unpaired) electrons. The van der Waals surface area contributed by atoms with Crippen LogP contribution >= 0.6 is 0 Å². The first-order chi connectivity index (χ1) is 14.3. The largest absolute Gasteiger partial charge is 0.573 e. The number of carbonyl (C=O) groups is 1. The second kappa shape index (κ2) is 7.73. The Morgan fingerprint density at radius 1 is 1.23 bits per heavy atom. The van der Waals surface area contributed by atoms with Crippen LogP contribution in [0.5, 0.6) is 5.75 Å². The van der Waals surface area contributed by atoms with E-state index < -0.39 is 24.1 Å². The molecule has 3 aromatic rings. The fourth-order valence-electron chi connectivity index (χ4n) is 3.07. The molecule has 0 unspecified atom stereocenters. The van der Waals surface area contributed by atoms with Gasteiger partial charge in [-0.2, -0.15) is 9.78 Å². The van der Waals surface area contributed by atoms with Crippen molar-refractivity contribution in [2.75, 3.05) is 0 Å². The second-order valence-electron chi connectivity index (χ2n) is 6.90. The first kappa shape index (κ1) is 19.8. The molecule has 1 N–H and O–H groups in total. The van der Waals surface area contributed by atoms with Gasteiger partial charge in [-0.05, 0) is 49.4 Å². The molecule has 1 aromatic carbocycles. The van der Waals surface area contributed by atoms with Crippen LogP contribution in [0.25, 0.3) is 5.82 Å². The Kier molecular flexibility index (Phi) is 5.10. The molecule has 156 valence electrons. The van der Waals surface area contributed by atoms with Crippen LogP contribution in [0.3, 0.4) is 0 Å². The molecule has 2 aromatic heterocycles. The van der Waals surface area contributed by atoms with Gasteiger partial charge in [-0.25, -0.2) is 9.97 Å². The molecule has 1 amide bonds. The van der Waals surface area contributed by atoms with Gasteiger partial charge in [-0.1, -0.05) is 0 Å². The number of amides is 1. The number of ether oxygens (including phenoxy) is 1. The standard InChI is InChI=1S/C19H17F3N6O2/c1-11(17-25-10-26-28(17)16-9-23-4-5-24-16)27-18(29)14-6-13(12-2-3-12)7-15(8-14)30-19(20,21)22/h4-12H,2-3H2,1H3,(H,27,29)/t11-/m0/s1. The van der Waals surface area contributed by atoms with Crippen molar-refractivity contribution >= 4 is 5.91 Å². The zero-order valence-corrected chi connectivity index (χ0v) is 15.8. The number of hydrogen-bond donors (Lipinski definition) is 1. The molecule has 1 fully saturated rings. The number of nitrogens with one attached hydrogen (secondary N) is 1. The van der Waals surface area contributed by atoms with E-state index in [1.807, 2.05) is 0 Å². The minimum Gasteiger partial charge on any atom is -0.406 e. The molecular weight excluding hydrogens is 401 g/mol.